The second kappa shape index (κ2) is 3.14. The van der Waals surface area contributed by atoms with Gasteiger partial charge in [0.1, 0.15) is 10.4 Å². The molecule has 0 N–H and O–H groups in total. The minimum absolute atomic E-state index is 0.593. The van der Waals surface area contributed by atoms with Crippen LogP contribution in [0.4, 0.5) is 0 Å². The highest BCUT2D eigenvalue weighted by Gasteiger charge is 2.16. The summed E-state index contributed by atoms with van der Waals surface area (Å²) < 4.78 is 6.43. The summed E-state index contributed by atoms with van der Waals surface area (Å²) in [7, 11) is -0.950. The summed E-state index contributed by atoms with van der Waals surface area (Å²) in [6.07, 6.45) is 1.68. The van der Waals surface area contributed by atoms with Gasteiger partial charge in [0, 0.05) is 0 Å². The zero-order valence-corrected chi connectivity index (χ0v) is 9.26. The zero-order chi connectivity index (χ0) is 7.49. The molecule has 3 nitrogen and oxygen atoms in total. The summed E-state index contributed by atoms with van der Waals surface area (Å²) in [6, 6.07) is 0. The number of hydroxylamine groups is 1. The molecule has 0 aliphatic carbocycles. The van der Waals surface area contributed by atoms with Crippen molar-refractivity contribution in [2.24, 2.45) is 0 Å². The molecule has 1 radical (unpaired) electrons. The van der Waals surface area contributed by atoms with Gasteiger partial charge >= 0.3 is 6.41 Å². The fourth-order valence-electron chi connectivity index (χ4n) is 0.429. The first-order valence-electron chi connectivity index (χ1n) is 2.76. The first-order chi connectivity index (χ1) is 3.95. The third-order valence-electron chi connectivity index (χ3n) is 0.539. The Bertz CT molecular complexity index is 101. The lowest BCUT2D eigenvalue weighted by Crippen LogP contribution is -2.35. The largest absolute Gasteiger partial charge is 0.327 e. The van der Waals surface area contributed by atoms with Crippen LogP contribution in [0.1, 0.15) is 0 Å². The van der Waals surface area contributed by atoms with Gasteiger partial charge < -0.3 is 4.53 Å². The molecule has 1 amide bonds. The first-order valence-corrected chi connectivity index (χ1v) is 7.06. The number of rotatable bonds is 3. The molecule has 9 heavy (non-hydrogen) atoms. The molecule has 0 heterocycles. The fraction of sp³-hybridized carbons (Fsp3) is 0.750. The van der Waals surface area contributed by atoms with Crippen LogP contribution >= 0.6 is 0 Å². The van der Waals surface area contributed by atoms with Crippen molar-refractivity contribution in [3.8, 4) is 0 Å². The molecule has 0 aromatic heterocycles. The Morgan fingerprint density at radius 1 is 1.56 bits per heavy atom. The van der Waals surface area contributed by atoms with Crippen LogP contribution in [-0.4, -0.2) is 29.9 Å². The minimum atomic E-state index is -1.54. The second-order valence-electron chi connectivity index (χ2n) is 2.79. The topological polar surface area (TPSA) is 29.5 Å². The van der Waals surface area contributed by atoms with Crippen LogP contribution in [0.3, 0.4) is 0 Å². The lowest BCUT2D eigenvalue weighted by atomic mass is 11.5. The van der Waals surface area contributed by atoms with E-state index in [-0.39, 0.29) is 0 Å². The maximum Gasteiger partial charge on any atom is 0.326 e. The van der Waals surface area contributed by atoms with Crippen LogP contribution in [0.15, 0.2) is 0 Å². The molecule has 0 saturated carbocycles. The van der Waals surface area contributed by atoms with Crippen molar-refractivity contribution in [1.82, 2.24) is 4.73 Å². The predicted molar refractivity (Wildman–Crippen MR) is 41.9 cm³/mol. The lowest BCUT2D eigenvalue weighted by molar-refractivity contribution is 0.102. The van der Waals surface area contributed by atoms with Crippen molar-refractivity contribution in [2.45, 2.75) is 19.6 Å². The van der Waals surface area contributed by atoms with E-state index in [1.54, 1.807) is 6.41 Å². The summed E-state index contributed by atoms with van der Waals surface area (Å²) in [6.45, 7) is 6.07. The van der Waals surface area contributed by atoms with Gasteiger partial charge in [-0.1, -0.05) is 0 Å². The highest BCUT2D eigenvalue weighted by Crippen LogP contribution is 2.02. The number of hydrogen-bond acceptors (Lipinski definition) is 2. The Morgan fingerprint density at radius 2 is 2.00 bits per heavy atom. The minimum Gasteiger partial charge on any atom is -0.327 e. The van der Waals surface area contributed by atoms with Crippen molar-refractivity contribution < 1.29 is 9.32 Å². The Labute approximate surface area is 59.6 Å². The number of carbonyl (C=O) groups excluding carboxylic acids is 1. The summed E-state index contributed by atoms with van der Waals surface area (Å²) in [5.74, 6) is 0. The van der Waals surface area contributed by atoms with Crippen molar-refractivity contribution >= 4 is 25.1 Å². The van der Waals surface area contributed by atoms with E-state index in [0.717, 1.165) is 0 Å². The maximum atomic E-state index is 9.92. The van der Waals surface area contributed by atoms with E-state index in [1.807, 2.05) is 19.6 Å². The number of amides is 1. The maximum absolute atomic E-state index is 9.92. The first kappa shape index (κ1) is 8.86. The van der Waals surface area contributed by atoms with Crippen molar-refractivity contribution in [3.05, 3.63) is 0 Å². The van der Waals surface area contributed by atoms with Crippen molar-refractivity contribution in [1.29, 1.82) is 0 Å². The highest BCUT2D eigenvalue weighted by atomic mass is 28.4. The second-order valence-corrected chi connectivity index (χ2v) is 8.01. The van der Waals surface area contributed by atoms with Crippen LogP contribution in [0, 0.1) is 0 Å². The highest BCUT2D eigenvalue weighted by molar-refractivity contribution is 6.69. The molecule has 0 rings (SSSR count). The molecule has 0 aromatic carbocycles. The SMILES string of the molecule is C[Si](C)(C)ON([SiH3])[C]=O. The third kappa shape index (κ3) is 5.74. The summed E-state index contributed by atoms with van der Waals surface area (Å²) in [5, 5.41) is 0. The van der Waals surface area contributed by atoms with E-state index in [1.165, 1.54) is 4.73 Å². The van der Waals surface area contributed by atoms with E-state index < -0.39 is 8.32 Å². The van der Waals surface area contributed by atoms with E-state index in [4.69, 9.17) is 4.53 Å². The standard InChI is InChI=1S/C4H12NO2Si2/c1-9(2,3)7-5(8)4-6/h1-3,8H3. The van der Waals surface area contributed by atoms with E-state index in [2.05, 4.69) is 0 Å². The number of hydrogen-bond donors (Lipinski definition) is 0. The molecule has 0 atom stereocenters. The van der Waals surface area contributed by atoms with Crippen molar-refractivity contribution in [2.75, 3.05) is 0 Å². The molecule has 5 heteroatoms. The molecule has 0 aliphatic rings. The van der Waals surface area contributed by atoms with Gasteiger partial charge in [0.05, 0.1) is 0 Å². The molecular weight excluding hydrogens is 150 g/mol. The van der Waals surface area contributed by atoms with Gasteiger partial charge in [-0.25, -0.2) is 0 Å². The Balaban J connectivity index is 3.59. The average molecular weight is 162 g/mol. The van der Waals surface area contributed by atoms with Gasteiger partial charge in [-0.2, -0.15) is 0 Å². The fourth-order valence-corrected chi connectivity index (χ4v) is 2.93. The molecular formula is C4H12NO2Si2. The van der Waals surface area contributed by atoms with Crippen LogP contribution in [-0.2, 0) is 9.32 Å². The molecule has 0 fully saturated rings. The van der Waals surface area contributed by atoms with Gasteiger partial charge in [-0.3, -0.25) is 9.52 Å². The normalized spacial score (nSPS) is 11.4. The lowest BCUT2D eigenvalue weighted by Gasteiger charge is -2.21. The predicted octanol–water partition coefficient (Wildman–Crippen LogP) is -0.598. The van der Waals surface area contributed by atoms with E-state index in [0.29, 0.717) is 10.4 Å². The van der Waals surface area contributed by atoms with Gasteiger partial charge in [0.2, 0.25) is 8.32 Å². The van der Waals surface area contributed by atoms with Gasteiger partial charge in [-0.05, 0) is 19.6 Å². The molecule has 0 aliphatic heterocycles. The molecule has 0 bridgehead atoms. The van der Waals surface area contributed by atoms with Gasteiger partial charge in [0.15, 0.2) is 0 Å². The number of nitrogens with zero attached hydrogens (tertiary/aromatic N) is 1. The van der Waals surface area contributed by atoms with Gasteiger partial charge in [0.25, 0.3) is 0 Å². The zero-order valence-electron chi connectivity index (χ0n) is 6.26. The summed E-state index contributed by atoms with van der Waals surface area (Å²) in [5.41, 5.74) is 0. The summed E-state index contributed by atoms with van der Waals surface area (Å²) >= 11 is 0. The van der Waals surface area contributed by atoms with Crippen LogP contribution in [0.25, 0.3) is 0 Å². The molecule has 0 unspecified atom stereocenters. The quantitative estimate of drug-likeness (QED) is 0.315. The molecule has 0 saturated heterocycles. The third-order valence-corrected chi connectivity index (χ3v) is 2.09. The Morgan fingerprint density at radius 3 is 2.11 bits per heavy atom. The monoisotopic (exact) mass is 162 g/mol. The van der Waals surface area contributed by atoms with E-state index >= 15 is 0 Å². The summed E-state index contributed by atoms with van der Waals surface area (Å²) in [4.78, 5) is 9.92. The molecule has 0 spiro atoms. The molecule has 53 valence electrons. The Hall–Kier alpha value is -0.136. The van der Waals surface area contributed by atoms with Gasteiger partial charge in [-0.15, -0.1) is 0 Å². The smallest absolute Gasteiger partial charge is 0.326 e. The molecule has 0 aromatic rings. The Kier molecular flexibility index (Phi) is 3.09. The van der Waals surface area contributed by atoms with Crippen LogP contribution in [0.5, 0.6) is 0 Å². The van der Waals surface area contributed by atoms with E-state index in [9.17, 15) is 4.79 Å². The van der Waals surface area contributed by atoms with Crippen LogP contribution in [0.2, 0.25) is 19.6 Å². The van der Waals surface area contributed by atoms with Crippen molar-refractivity contribution in [3.63, 3.8) is 0 Å². The average Bonchev–Trinajstić information content (AvgIpc) is 1.62. The van der Waals surface area contributed by atoms with Crippen LogP contribution < -0.4 is 0 Å².